The van der Waals surface area contributed by atoms with E-state index >= 15 is 0 Å². The van der Waals surface area contributed by atoms with Crippen molar-refractivity contribution in [1.82, 2.24) is 0 Å². The van der Waals surface area contributed by atoms with Crippen molar-refractivity contribution in [3.63, 3.8) is 0 Å². The third kappa shape index (κ3) is 2.91. The van der Waals surface area contributed by atoms with Gasteiger partial charge in [-0.1, -0.05) is 12.1 Å². The van der Waals surface area contributed by atoms with Crippen LogP contribution >= 0.6 is 0 Å². The Hall–Kier alpha value is -2.23. The van der Waals surface area contributed by atoms with Crippen LogP contribution in [-0.2, 0) is 6.61 Å². The molecular formula is C14H13FO3. The van der Waals surface area contributed by atoms with Crippen LogP contribution < -0.4 is 9.47 Å². The number of hydrogen-bond acceptors (Lipinski definition) is 3. The fourth-order valence-electron chi connectivity index (χ4n) is 1.47. The van der Waals surface area contributed by atoms with Gasteiger partial charge < -0.3 is 14.6 Å². The van der Waals surface area contributed by atoms with Crippen molar-refractivity contribution >= 4 is 0 Å². The van der Waals surface area contributed by atoms with E-state index in [1.165, 1.54) is 18.2 Å². The van der Waals surface area contributed by atoms with Crippen molar-refractivity contribution in [3.8, 4) is 17.2 Å². The van der Waals surface area contributed by atoms with Gasteiger partial charge in [0, 0.05) is 6.07 Å². The Balaban J connectivity index is 1.99. The molecule has 0 heterocycles. The van der Waals surface area contributed by atoms with E-state index in [1.807, 2.05) is 24.3 Å². The van der Waals surface area contributed by atoms with E-state index in [0.717, 1.165) is 11.3 Å². The summed E-state index contributed by atoms with van der Waals surface area (Å²) in [6, 6.07) is 11.3. The number of hydrogen-bond donors (Lipinski definition) is 1. The predicted octanol–water partition coefficient (Wildman–Crippen LogP) is 3.12. The van der Waals surface area contributed by atoms with Gasteiger partial charge in [-0.2, -0.15) is 0 Å². The zero-order valence-corrected chi connectivity index (χ0v) is 9.89. The second-order valence-electron chi connectivity index (χ2n) is 3.75. The average Bonchev–Trinajstić information content (AvgIpc) is 2.41. The number of ether oxygens (including phenoxy) is 2. The van der Waals surface area contributed by atoms with Crippen LogP contribution in [0.2, 0.25) is 0 Å². The van der Waals surface area contributed by atoms with Crippen molar-refractivity contribution in [1.29, 1.82) is 0 Å². The quantitative estimate of drug-likeness (QED) is 0.903. The summed E-state index contributed by atoms with van der Waals surface area (Å²) in [6.07, 6.45) is 0. The minimum atomic E-state index is -0.660. The molecule has 0 spiro atoms. The lowest BCUT2D eigenvalue weighted by atomic mass is 10.2. The van der Waals surface area contributed by atoms with Gasteiger partial charge in [0.15, 0.2) is 11.6 Å². The van der Waals surface area contributed by atoms with Gasteiger partial charge in [0.25, 0.3) is 0 Å². The molecule has 0 saturated carbocycles. The minimum absolute atomic E-state index is 0.342. The molecule has 2 aromatic rings. The van der Waals surface area contributed by atoms with Gasteiger partial charge in [-0.3, -0.25) is 0 Å². The second kappa shape index (κ2) is 5.40. The van der Waals surface area contributed by atoms with Gasteiger partial charge in [-0.25, -0.2) is 4.39 Å². The Bertz CT molecular complexity index is 523. The summed E-state index contributed by atoms with van der Waals surface area (Å²) in [6.45, 7) is 0.342. The maximum Gasteiger partial charge on any atom is 0.165 e. The smallest absolute Gasteiger partial charge is 0.165 e. The lowest BCUT2D eigenvalue weighted by Crippen LogP contribution is -1.95. The van der Waals surface area contributed by atoms with E-state index in [0.29, 0.717) is 12.4 Å². The van der Waals surface area contributed by atoms with Crippen LogP contribution in [0.3, 0.4) is 0 Å². The van der Waals surface area contributed by atoms with Crippen molar-refractivity contribution in [3.05, 3.63) is 53.8 Å². The Morgan fingerprint density at radius 1 is 1.06 bits per heavy atom. The molecule has 2 rings (SSSR count). The van der Waals surface area contributed by atoms with Crippen LogP contribution in [0.5, 0.6) is 17.2 Å². The monoisotopic (exact) mass is 248 g/mol. The molecule has 0 aromatic heterocycles. The molecule has 0 radical (unpaired) electrons. The summed E-state index contributed by atoms with van der Waals surface area (Å²) in [5.74, 6) is 0.122. The van der Waals surface area contributed by atoms with Gasteiger partial charge in [0.1, 0.15) is 18.1 Å². The van der Waals surface area contributed by atoms with Crippen molar-refractivity contribution in [2.45, 2.75) is 6.61 Å². The fourth-order valence-corrected chi connectivity index (χ4v) is 1.47. The SMILES string of the molecule is COc1ccc(COc2ccc(F)c(O)c2)cc1. The van der Waals surface area contributed by atoms with E-state index in [2.05, 4.69) is 0 Å². The third-order valence-corrected chi connectivity index (χ3v) is 2.48. The molecule has 2 aromatic carbocycles. The highest BCUT2D eigenvalue weighted by Gasteiger charge is 2.02. The molecular weight excluding hydrogens is 235 g/mol. The first kappa shape index (κ1) is 12.2. The highest BCUT2D eigenvalue weighted by Crippen LogP contribution is 2.23. The first-order valence-electron chi connectivity index (χ1n) is 5.43. The highest BCUT2D eigenvalue weighted by molar-refractivity contribution is 5.34. The molecule has 94 valence electrons. The summed E-state index contributed by atoms with van der Waals surface area (Å²) in [4.78, 5) is 0. The number of rotatable bonds is 4. The maximum absolute atomic E-state index is 12.8. The summed E-state index contributed by atoms with van der Waals surface area (Å²) in [5, 5.41) is 9.19. The first-order chi connectivity index (χ1) is 8.69. The number of benzene rings is 2. The molecule has 0 atom stereocenters. The lowest BCUT2D eigenvalue weighted by Gasteiger charge is -2.07. The van der Waals surface area contributed by atoms with Crippen LogP contribution in [0.4, 0.5) is 4.39 Å². The van der Waals surface area contributed by atoms with Gasteiger partial charge >= 0.3 is 0 Å². The van der Waals surface area contributed by atoms with Crippen molar-refractivity contribution in [2.24, 2.45) is 0 Å². The summed E-state index contributed by atoms with van der Waals surface area (Å²) >= 11 is 0. The minimum Gasteiger partial charge on any atom is -0.505 e. The number of halogens is 1. The zero-order chi connectivity index (χ0) is 13.0. The first-order valence-corrected chi connectivity index (χ1v) is 5.43. The van der Waals surface area contributed by atoms with E-state index in [9.17, 15) is 9.50 Å². The molecule has 0 saturated heterocycles. The van der Waals surface area contributed by atoms with Gasteiger partial charge in [0.05, 0.1) is 7.11 Å². The molecule has 0 aliphatic heterocycles. The van der Waals surface area contributed by atoms with E-state index < -0.39 is 11.6 Å². The predicted molar refractivity (Wildman–Crippen MR) is 65.4 cm³/mol. The normalized spacial score (nSPS) is 10.1. The van der Waals surface area contributed by atoms with Crippen LogP contribution in [0.1, 0.15) is 5.56 Å². The molecule has 0 fully saturated rings. The molecule has 18 heavy (non-hydrogen) atoms. The molecule has 0 aliphatic carbocycles. The van der Waals surface area contributed by atoms with Gasteiger partial charge in [0.2, 0.25) is 0 Å². The molecule has 0 bridgehead atoms. The van der Waals surface area contributed by atoms with Crippen LogP contribution in [0.15, 0.2) is 42.5 Å². The van der Waals surface area contributed by atoms with E-state index in [-0.39, 0.29) is 0 Å². The topological polar surface area (TPSA) is 38.7 Å². The standard InChI is InChI=1S/C14H13FO3/c1-17-11-4-2-10(3-5-11)9-18-12-6-7-13(15)14(16)8-12/h2-8,16H,9H2,1H3. The third-order valence-electron chi connectivity index (χ3n) is 2.48. The zero-order valence-electron chi connectivity index (χ0n) is 9.89. The molecule has 0 unspecified atom stereocenters. The van der Waals surface area contributed by atoms with Crippen LogP contribution in [-0.4, -0.2) is 12.2 Å². The summed E-state index contributed by atoms with van der Waals surface area (Å²) in [7, 11) is 1.60. The van der Waals surface area contributed by atoms with Crippen LogP contribution in [0, 0.1) is 5.82 Å². The molecule has 0 amide bonds. The number of aromatic hydroxyl groups is 1. The largest absolute Gasteiger partial charge is 0.505 e. The van der Waals surface area contributed by atoms with Crippen molar-refractivity contribution < 1.29 is 19.0 Å². The molecule has 4 heteroatoms. The summed E-state index contributed by atoms with van der Waals surface area (Å²) < 4.78 is 23.3. The van der Waals surface area contributed by atoms with E-state index in [1.54, 1.807) is 7.11 Å². The van der Waals surface area contributed by atoms with Gasteiger partial charge in [-0.05, 0) is 29.8 Å². The average molecular weight is 248 g/mol. The lowest BCUT2D eigenvalue weighted by molar-refractivity contribution is 0.302. The highest BCUT2D eigenvalue weighted by atomic mass is 19.1. The fraction of sp³-hybridized carbons (Fsp3) is 0.143. The van der Waals surface area contributed by atoms with E-state index in [4.69, 9.17) is 9.47 Å². The Morgan fingerprint density at radius 2 is 1.72 bits per heavy atom. The Labute approximate surface area is 104 Å². The molecule has 3 nitrogen and oxygen atoms in total. The maximum atomic E-state index is 12.8. The van der Waals surface area contributed by atoms with Crippen molar-refractivity contribution in [2.75, 3.05) is 7.11 Å². The second-order valence-corrected chi connectivity index (χ2v) is 3.75. The Kier molecular flexibility index (Phi) is 3.67. The van der Waals surface area contributed by atoms with Gasteiger partial charge in [-0.15, -0.1) is 0 Å². The summed E-state index contributed by atoms with van der Waals surface area (Å²) in [5.41, 5.74) is 0.958. The Morgan fingerprint density at radius 3 is 2.33 bits per heavy atom. The number of phenols is 1. The number of methoxy groups -OCH3 is 1. The molecule has 1 N–H and O–H groups in total. The molecule has 0 aliphatic rings. The van der Waals surface area contributed by atoms with Crippen LogP contribution in [0.25, 0.3) is 0 Å². The number of phenolic OH excluding ortho intramolecular Hbond substituents is 1.